The first-order valence-electron chi connectivity index (χ1n) is 4.14. The molecule has 1 rings (SSSR count). The van der Waals surface area contributed by atoms with Crippen molar-refractivity contribution in [1.29, 1.82) is 0 Å². The molecular weight excluding hydrogens is 204 g/mol. The van der Waals surface area contributed by atoms with Crippen LogP contribution in [0, 0.1) is 18.7 Å². The molecule has 3 nitrogen and oxygen atoms in total. The number of rotatable bonds is 2. The number of benzene rings is 1. The zero-order chi connectivity index (χ0) is 11.4. The normalized spacial score (nSPS) is 9.87. The van der Waals surface area contributed by atoms with Crippen LogP contribution in [0.5, 0.6) is 0 Å². The van der Waals surface area contributed by atoms with E-state index in [2.05, 4.69) is 11.8 Å². The lowest BCUT2D eigenvalue weighted by Crippen LogP contribution is -2.23. The van der Waals surface area contributed by atoms with Gasteiger partial charge in [0.05, 0.1) is 7.11 Å². The van der Waals surface area contributed by atoms with E-state index in [0.717, 1.165) is 23.1 Å². The highest BCUT2D eigenvalue weighted by atomic mass is 19.1. The summed E-state index contributed by atoms with van der Waals surface area (Å²) < 4.78 is 29.9. The van der Waals surface area contributed by atoms with Crippen molar-refractivity contribution < 1.29 is 18.3 Å². The van der Waals surface area contributed by atoms with Gasteiger partial charge in [0.25, 0.3) is 0 Å². The number of methoxy groups -OCH3 is 1. The molecule has 0 heterocycles. The molecule has 0 saturated carbocycles. The van der Waals surface area contributed by atoms with Crippen LogP contribution in [0.15, 0.2) is 18.2 Å². The highest BCUT2D eigenvalue weighted by Gasteiger charge is 2.10. The van der Waals surface area contributed by atoms with E-state index in [0.29, 0.717) is 5.56 Å². The van der Waals surface area contributed by atoms with E-state index in [1.54, 1.807) is 0 Å². The quantitative estimate of drug-likeness (QED) is 0.756. The molecule has 1 aromatic carbocycles. The van der Waals surface area contributed by atoms with Gasteiger partial charge in [-0.15, -0.1) is 0 Å². The third kappa shape index (κ3) is 3.19. The van der Waals surface area contributed by atoms with E-state index in [9.17, 15) is 13.6 Å². The number of halogens is 2. The molecule has 0 saturated heterocycles. The van der Waals surface area contributed by atoms with Gasteiger partial charge in [0, 0.05) is 19.7 Å². The fourth-order valence-electron chi connectivity index (χ4n) is 1.12. The Morgan fingerprint density at radius 3 is 2.40 bits per heavy atom. The molecule has 0 aliphatic rings. The van der Waals surface area contributed by atoms with Crippen molar-refractivity contribution in [3.05, 3.63) is 42.4 Å². The Labute approximate surface area is 86.3 Å². The summed E-state index contributed by atoms with van der Waals surface area (Å²) in [6, 6.07) is 3.02. The molecular formula is C10H10F2NO2. The second kappa shape index (κ2) is 4.72. The fourth-order valence-corrected chi connectivity index (χ4v) is 1.12. The lowest BCUT2D eigenvalue weighted by Gasteiger charge is -2.14. The van der Waals surface area contributed by atoms with Gasteiger partial charge in [-0.1, -0.05) is 0 Å². The minimum absolute atomic E-state index is 0.0125. The van der Waals surface area contributed by atoms with Crippen molar-refractivity contribution in [3.63, 3.8) is 0 Å². The maximum absolute atomic E-state index is 12.8. The zero-order valence-corrected chi connectivity index (χ0v) is 8.17. The van der Waals surface area contributed by atoms with Gasteiger partial charge in [0.2, 0.25) is 0 Å². The average Bonchev–Trinajstić information content (AvgIpc) is 2.14. The molecule has 0 atom stereocenters. The molecule has 1 aromatic rings. The number of ether oxygens (including phenoxy) is 1. The summed E-state index contributed by atoms with van der Waals surface area (Å²) in [6.07, 6.45) is -0.667. The van der Waals surface area contributed by atoms with E-state index in [1.165, 1.54) is 7.11 Å². The molecule has 0 fully saturated rings. The first-order valence-corrected chi connectivity index (χ1v) is 4.14. The van der Waals surface area contributed by atoms with E-state index < -0.39 is 17.7 Å². The van der Waals surface area contributed by atoms with Crippen LogP contribution in [0.1, 0.15) is 5.56 Å². The molecule has 0 N–H and O–H groups in total. The number of hydrogen-bond acceptors (Lipinski definition) is 2. The highest BCUT2D eigenvalue weighted by molar-refractivity contribution is 5.67. The molecule has 0 unspecified atom stereocenters. The summed E-state index contributed by atoms with van der Waals surface area (Å²) in [5.74, 6) is -1.38. The molecule has 0 aliphatic carbocycles. The van der Waals surface area contributed by atoms with Crippen LogP contribution >= 0.6 is 0 Å². The Morgan fingerprint density at radius 1 is 1.40 bits per heavy atom. The molecule has 0 bridgehead atoms. The van der Waals surface area contributed by atoms with E-state index >= 15 is 0 Å². The maximum Gasteiger partial charge on any atom is 0.409 e. The Bertz CT molecular complexity index is 348. The molecule has 0 aliphatic heterocycles. The van der Waals surface area contributed by atoms with Crippen molar-refractivity contribution in [2.45, 2.75) is 6.54 Å². The topological polar surface area (TPSA) is 29.5 Å². The molecule has 0 aromatic heterocycles. The minimum atomic E-state index is -0.691. The smallest absolute Gasteiger partial charge is 0.409 e. The van der Waals surface area contributed by atoms with Crippen LogP contribution in [-0.4, -0.2) is 18.1 Å². The van der Waals surface area contributed by atoms with Crippen molar-refractivity contribution >= 4 is 6.09 Å². The van der Waals surface area contributed by atoms with Gasteiger partial charge in [-0.05, 0) is 17.7 Å². The third-order valence-corrected chi connectivity index (χ3v) is 1.73. The second-order valence-electron chi connectivity index (χ2n) is 2.95. The largest absolute Gasteiger partial charge is 0.453 e. The Balaban J connectivity index is 2.76. The van der Waals surface area contributed by atoms with Crippen LogP contribution in [0.4, 0.5) is 13.6 Å². The number of carbonyl (C=O) groups excluding carboxylic acids is 1. The first-order chi connectivity index (χ1) is 7.02. The van der Waals surface area contributed by atoms with Gasteiger partial charge in [-0.2, -0.15) is 0 Å². The maximum atomic E-state index is 12.8. The molecule has 1 amide bonds. The lowest BCUT2D eigenvalue weighted by atomic mass is 10.2. The highest BCUT2D eigenvalue weighted by Crippen LogP contribution is 2.10. The van der Waals surface area contributed by atoms with Gasteiger partial charge in [-0.25, -0.2) is 13.6 Å². The van der Waals surface area contributed by atoms with Crippen molar-refractivity contribution in [3.8, 4) is 0 Å². The number of carbonyl (C=O) groups is 1. The Hall–Kier alpha value is -1.65. The van der Waals surface area contributed by atoms with Crippen LogP contribution in [0.2, 0.25) is 0 Å². The molecule has 0 spiro atoms. The van der Waals surface area contributed by atoms with E-state index in [-0.39, 0.29) is 6.54 Å². The predicted octanol–water partition coefficient (Wildman–Crippen LogP) is 2.32. The lowest BCUT2D eigenvalue weighted by molar-refractivity contribution is 0.137. The van der Waals surface area contributed by atoms with Gasteiger partial charge in [-0.3, -0.25) is 0 Å². The summed E-state index contributed by atoms with van der Waals surface area (Å²) >= 11 is 0. The summed E-state index contributed by atoms with van der Waals surface area (Å²) in [5.41, 5.74) is 0.313. The molecule has 1 radical (unpaired) electrons. The molecule has 15 heavy (non-hydrogen) atoms. The molecule has 81 valence electrons. The van der Waals surface area contributed by atoms with Crippen LogP contribution in [0.3, 0.4) is 0 Å². The summed E-state index contributed by atoms with van der Waals surface area (Å²) in [7, 11) is 4.58. The zero-order valence-electron chi connectivity index (χ0n) is 8.17. The summed E-state index contributed by atoms with van der Waals surface area (Å²) in [4.78, 5) is 11.9. The van der Waals surface area contributed by atoms with Crippen molar-refractivity contribution in [1.82, 2.24) is 4.90 Å². The van der Waals surface area contributed by atoms with Gasteiger partial charge in [0.1, 0.15) is 11.6 Å². The number of amides is 1. The van der Waals surface area contributed by atoms with Crippen LogP contribution in [0.25, 0.3) is 0 Å². The predicted molar refractivity (Wildman–Crippen MR) is 49.7 cm³/mol. The van der Waals surface area contributed by atoms with Crippen molar-refractivity contribution in [2.24, 2.45) is 0 Å². The van der Waals surface area contributed by atoms with Crippen LogP contribution < -0.4 is 0 Å². The first kappa shape index (κ1) is 11.4. The van der Waals surface area contributed by atoms with Gasteiger partial charge >= 0.3 is 6.09 Å². The third-order valence-electron chi connectivity index (χ3n) is 1.73. The molecule has 5 heteroatoms. The second-order valence-corrected chi connectivity index (χ2v) is 2.95. The fraction of sp³-hybridized carbons (Fsp3) is 0.200. The SMILES string of the molecule is [CH2]N(Cc1cc(F)cc(F)c1)C(=O)OC. The Kier molecular flexibility index (Phi) is 3.60. The number of nitrogens with zero attached hydrogens (tertiary/aromatic N) is 1. The van der Waals surface area contributed by atoms with Crippen LogP contribution in [-0.2, 0) is 11.3 Å². The van der Waals surface area contributed by atoms with E-state index in [4.69, 9.17) is 0 Å². The number of hydrogen-bond donors (Lipinski definition) is 0. The van der Waals surface area contributed by atoms with Gasteiger partial charge in [0.15, 0.2) is 0 Å². The summed E-state index contributed by atoms with van der Waals surface area (Å²) in [6.45, 7) is -0.0125. The average molecular weight is 214 g/mol. The van der Waals surface area contributed by atoms with Crippen molar-refractivity contribution in [2.75, 3.05) is 7.11 Å². The monoisotopic (exact) mass is 214 g/mol. The minimum Gasteiger partial charge on any atom is -0.453 e. The van der Waals surface area contributed by atoms with Gasteiger partial charge < -0.3 is 9.64 Å². The van der Waals surface area contributed by atoms with E-state index in [1.807, 2.05) is 0 Å². The summed E-state index contributed by atoms with van der Waals surface area (Å²) in [5, 5.41) is 0. The standard InChI is InChI=1S/C10H10F2NO2/c1-13(10(14)15-2)6-7-3-8(11)5-9(12)4-7/h3-5H,1,6H2,2H3. The Morgan fingerprint density at radius 2 is 1.93 bits per heavy atom.